The third-order valence-corrected chi connectivity index (χ3v) is 2.13. The van der Waals surface area contributed by atoms with Gasteiger partial charge in [-0.25, -0.2) is 0 Å². The van der Waals surface area contributed by atoms with Gasteiger partial charge >= 0.3 is 0 Å². The molecule has 0 aromatic heterocycles. The molecule has 0 bridgehead atoms. The van der Waals surface area contributed by atoms with Crippen LogP contribution in [0.2, 0.25) is 0 Å². The summed E-state index contributed by atoms with van der Waals surface area (Å²) in [5.74, 6) is 1.85. The van der Waals surface area contributed by atoms with Crippen LogP contribution in [-0.2, 0) is 0 Å². The van der Waals surface area contributed by atoms with Gasteiger partial charge in [0.05, 0.1) is 0 Å². The molecule has 0 amide bonds. The number of rotatable bonds is 4. The smallest absolute Gasteiger partial charge is 0.0394 e. The van der Waals surface area contributed by atoms with E-state index in [0.29, 0.717) is 0 Å². The minimum absolute atomic E-state index is 0.884. The first-order valence-electron chi connectivity index (χ1n) is 4.22. The highest BCUT2D eigenvalue weighted by Gasteiger charge is 2.08. The second kappa shape index (κ2) is 4.84. The standard InChI is InChI=1S/C9H20/c1-5-7-9(6-2)8(3)4/h8-9H,5-7H2,1-4H3. The van der Waals surface area contributed by atoms with E-state index < -0.39 is 0 Å². The molecule has 1 unspecified atom stereocenters. The van der Waals surface area contributed by atoms with Crippen LogP contribution in [0.15, 0.2) is 0 Å². The van der Waals surface area contributed by atoms with Crippen molar-refractivity contribution in [2.45, 2.75) is 47.0 Å². The highest BCUT2D eigenvalue weighted by atomic mass is 14.1. The maximum absolute atomic E-state index is 2.32. The van der Waals surface area contributed by atoms with Crippen LogP contribution < -0.4 is 0 Å². The first kappa shape index (κ1) is 9.00. The molecule has 9 heavy (non-hydrogen) atoms. The van der Waals surface area contributed by atoms with E-state index in [1.807, 2.05) is 0 Å². The average molecular weight is 128 g/mol. The Labute approximate surface area is 59.7 Å². The van der Waals surface area contributed by atoms with E-state index in [1.165, 1.54) is 19.3 Å². The summed E-state index contributed by atoms with van der Waals surface area (Å²) in [6.45, 7) is 9.21. The predicted octanol–water partition coefficient (Wildman–Crippen LogP) is 3.47. The van der Waals surface area contributed by atoms with E-state index in [2.05, 4.69) is 27.7 Å². The first-order chi connectivity index (χ1) is 4.22. The van der Waals surface area contributed by atoms with Gasteiger partial charge < -0.3 is 0 Å². The number of hydrogen-bond acceptors (Lipinski definition) is 0. The summed E-state index contributed by atoms with van der Waals surface area (Å²) in [6, 6.07) is 0. The molecular formula is C9H20. The van der Waals surface area contributed by atoms with E-state index >= 15 is 0 Å². The molecule has 0 aliphatic carbocycles. The molecule has 0 rings (SSSR count). The van der Waals surface area contributed by atoms with Crippen molar-refractivity contribution >= 4 is 0 Å². The molecule has 0 saturated heterocycles. The Balaban J connectivity index is 3.41. The van der Waals surface area contributed by atoms with Gasteiger partial charge in [-0.2, -0.15) is 0 Å². The highest BCUT2D eigenvalue weighted by Crippen LogP contribution is 2.19. The lowest BCUT2D eigenvalue weighted by molar-refractivity contribution is 0.346. The Morgan fingerprint density at radius 3 is 1.78 bits per heavy atom. The van der Waals surface area contributed by atoms with Crippen molar-refractivity contribution in [1.29, 1.82) is 0 Å². The van der Waals surface area contributed by atoms with Crippen LogP contribution in [0.4, 0.5) is 0 Å². The quantitative estimate of drug-likeness (QED) is 0.544. The molecule has 0 aromatic carbocycles. The Hall–Kier alpha value is 0. The minimum Gasteiger partial charge on any atom is -0.0654 e. The van der Waals surface area contributed by atoms with Gasteiger partial charge in [-0.05, 0) is 11.8 Å². The summed E-state index contributed by atoms with van der Waals surface area (Å²) in [7, 11) is 0. The SMILES string of the molecule is CCCC(CC)C(C)C. The fourth-order valence-electron chi connectivity index (χ4n) is 1.38. The van der Waals surface area contributed by atoms with Crippen molar-refractivity contribution in [3.8, 4) is 0 Å². The molecule has 0 nitrogen and oxygen atoms in total. The Kier molecular flexibility index (Phi) is 4.84. The van der Waals surface area contributed by atoms with Crippen LogP contribution in [0.3, 0.4) is 0 Å². The van der Waals surface area contributed by atoms with Gasteiger partial charge in [0.1, 0.15) is 0 Å². The maximum atomic E-state index is 2.32. The van der Waals surface area contributed by atoms with E-state index in [0.717, 1.165) is 11.8 Å². The van der Waals surface area contributed by atoms with Crippen molar-refractivity contribution in [1.82, 2.24) is 0 Å². The molecule has 0 N–H and O–H groups in total. The summed E-state index contributed by atoms with van der Waals surface area (Å²) in [5, 5.41) is 0. The van der Waals surface area contributed by atoms with Crippen LogP contribution in [-0.4, -0.2) is 0 Å². The fraction of sp³-hybridized carbons (Fsp3) is 1.00. The molecule has 0 radical (unpaired) electrons. The van der Waals surface area contributed by atoms with Gasteiger partial charge in [0.15, 0.2) is 0 Å². The topological polar surface area (TPSA) is 0 Å². The molecule has 1 atom stereocenters. The summed E-state index contributed by atoms with van der Waals surface area (Å²) in [6.07, 6.45) is 4.11. The Morgan fingerprint density at radius 2 is 1.67 bits per heavy atom. The van der Waals surface area contributed by atoms with Gasteiger partial charge in [0.25, 0.3) is 0 Å². The third kappa shape index (κ3) is 3.56. The van der Waals surface area contributed by atoms with Crippen molar-refractivity contribution in [2.75, 3.05) is 0 Å². The molecule has 0 aliphatic rings. The van der Waals surface area contributed by atoms with Crippen LogP contribution in [0.25, 0.3) is 0 Å². The molecule has 56 valence electrons. The summed E-state index contributed by atoms with van der Waals surface area (Å²) in [4.78, 5) is 0. The number of hydrogen-bond donors (Lipinski definition) is 0. The first-order valence-corrected chi connectivity index (χ1v) is 4.22. The fourth-order valence-corrected chi connectivity index (χ4v) is 1.38. The minimum atomic E-state index is 0.884. The molecule has 0 aromatic rings. The van der Waals surface area contributed by atoms with Crippen molar-refractivity contribution in [2.24, 2.45) is 11.8 Å². The van der Waals surface area contributed by atoms with E-state index in [1.54, 1.807) is 0 Å². The van der Waals surface area contributed by atoms with Gasteiger partial charge in [-0.1, -0.05) is 47.0 Å². The zero-order chi connectivity index (χ0) is 7.28. The summed E-state index contributed by atoms with van der Waals surface area (Å²) >= 11 is 0. The van der Waals surface area contributed by atoms with Crippen molar-refractivity contribution < 1.29 is 0 Å². The molecule has 0 heterocycles. The van der Waals surface area contributed by atoms with Crippen LogP contribution in [0.5, 0.6) is 0 Å². The van der Waals surface area contributed by atoms with Gasteiger partial charge in [0, 0.05) is 0 Å². The van der Waals surface area contributed by atoms with Gasteiger partial charge in [0.2, 0.25) is 0 Å². The summed E-state index contributed by atoms with van der Waals surface area (Å²) in [5.41, 5.74) is 0. The van der Waals surface area contributed by atoms with Crippen LogP contribution in [0, 0.1) is 11.8 Å². The molecule has 0 heteroatoms. The monoisotopic (exact) mass is 128 g/mol. The second-order valence-electron chi connectivity index (χ2n) is 3.20. The zero-order valence-electron chi connectivity index (χ0n) is 7.28. The van der Waals surface area contributed by atoms with E-state index in [-0.39, 0.29) is 0 Å². The van der Waals surface area contributed by atoms with E-state index in [9.17, 15) is 0 Å². The van der Waals surface area contributed by atoms with Crippen LogP contribution in [0.1, 0.15) is 47.0 Å². The predicted molar refractivity (Wildman–Crippen MR) is 43.5 cm³/mol. The molecule has 0 saturated carbocycles. The Bertz CT molecular complexity index is 55.1. The van der Waals surface area contributed by atoms with Gasteiger partial charge in [-0.3, -0.25) is 0 Å². The maximum Gasteiger partial charge on any atom is -0.0394 e. The molecule has 0 aliphatic heterocycles. The normalized spacial score (nSPS) is 14.3. The largest absolute Gasteiger partial charge is 0.0654 e. The lowest BCUT2D eigenvalue weighted by Gasteiger charge is -2.17. The van der Waals surface area contributed by atoms with Crippen molar-refractivity contribution in [3.05, 3.63) is 0 Å². The molecule has 0 spiro atoms. The lowest BCUT2D eigenvalue weighted by Crippen LogP contribution is -2.06. The second-order valence-corrected chi connectivity index (χ2v) is 3.20. The van der Waals surface area contributed by atoms with Crippen molar-refractivity contribution in [3.63, 3.8) is 0 Å². The van der Waals surface area contributed by atoms with E-state index in [4.69, 9.17) is 0 Å². The average Bonchev–Trinajstić information content (AvgIpc) is 1.82. The van der Waals surface area contributed by atoms with Gasteiger partial charge in [-0.15, -0.1) is 0 Å². The zero-order valence-corrected chi connectivity index (χ0v) is 7.28. The summed E-state index contributed by atoms with van der Waals surface area (Å²) < 4.78 is 0. The molecule has 0 fully saturated rings. The highest BCUT2D eigenvalue weighted by molar-refractivity contribution is 4.59. The lowest BCUT2D eigenvalue weighted by atomic mass is 9.89. The Morgan fingerprint density at radius 1 is 1.11 bits per heavy atom. The molecular weight excluding hydrogens is 108 g/mol. The van der Waals surface area contributed by atoms with Crippen LogP contribution >= 0.6 is 0 Å². The third-order valence-electron chi connectivity index (χ3n) is 2.13.